The molecule has 0 heterocycles. The number of rotatable bonds is 3. The number of carbonyl (C=O) groups is 2. The van der Waals surface area contributed by atoms with Crippen LogP contribution in [-0.4, -0.2) is 38.9 Å². The van der Waals surface area contributed by atoms with Crippen LogP contribution in [0.15, 0.2) is 23.8 Å². The van der Waals surface area contributed by atoms with Crippen LogP contribution in [0, 0.1) is 11.8 Å². The lowest BCUT2D eigenvalue weighted by atomic mass is 9.71. The van der Waals surface area contributed by atoms with Gasteiger partial charge in [0.05, 0.1) is 18.9 Å². The summed E-state index contributed by atoms with van der Waals surface area (Å²) in [6, 6.07) is 0. The molecule has 2 bridgehead atoms. The molecule has 92 valence electrons. The zero-order valence-corrected chi connectivity index (χ0v) is 9.93. The summed E-state index contributed by atoms with van der Waals surface area (Å²) in [4.78, 5) is 23.8. The van der Waals surface area contributed by atoms with Gasteiger partial charge in [-0.2, -0.15) is 0 Å². The van der Waals surface area contributed by atoms with E-state index < -0.39 is 23.6 Å². The second-order valence-electron chi connectivity index (χ2n) is 3.94. The number of allylic oxidation sites excluding steroid dienone is 1. The van der Waals surface area contributed by atoms with Crippen LogP contribution in [0.2, 0.25) is 0 Å². The van der Waals surface area contributed by atoms with E-state index in [4.69, 9.17) is 9.47 Å². The van der Waals surface area contributed by atoms with Gasteiger partial charge in [0, 0.05) is 19.8 Å². The highest BCUT2D eigenvalue weighted by Gasteiger charge is 2.55. The van der Waals surface area contributed by atoms with Crippen molar-refractivity contribution >= 4 is 11.8 Å². The summed E-state index contributed by atoms with van der Waals surface area (Å²) in [6.07, 6.45) is 5.17. The maximum absolute atomic E-state index is 12.3. The molecule has 0 saturated heterocycles. The average Bonchev–Trinajstić information content (AvgIpc) is 2.39. The summed E-state index contributed by atoms with van der Waals surface area (Å²) in [5, 5.41) is 0. The van der Waals surface area contributed by atoms with Gasteiger partial charge in [-0.3, -0.25) is 4.79 Å². The topological polar surface area (TPSA) is 61.8 Å². The number of methoxy groups -OCH3 is 3. The van der Waals surface area contributed by atoms with Crippen molar-refractivity contribution in [1.29, 1.82) is 0 Å². The van der Waals surface area contributed by atoms with E-state index in [0.29, 0.717) is 5.57 Å². The Bertz CT molecular complexity index is 417. The van der Waals surface area contributed by atoms with Gasteiger partial charge in [0.25, 0.3) is 0 Å². The number of fused-ring (bicyclic) bond motifs is 1. The Morgan fingerprint density at radius 3 is 2.35 bits per heavy atom. The molecule has 0 fully saturated rings. The Morgan fingerprint density at radius 2 is 1.88 bits per heavy atom. The van der Waals surface area contributed by atoms with Crippen LogP contribution in [0.25, 0.3) is 0 Å². The maximum atomic E-state index is 12.3. The fourth-order valence-corrected chi connectivity index (χ4v) is 2.40. The first kappa shape index (κ1) is 12.0. The minimum Gasteiger partial charge on any atom is -0.466 e. The fourth-order valence-electron chi connectivity index (χ4n) is 2.40. The van der Waals surface area contributed by atoms with Crippen LogP contribution in [0.4, 0.5) is 0 Å². The van der Waals surface area contributed by atoms with E-state index in [2.05, 4.69) is 4.74 Å². The molecule has 2 atom stereocenters. The lowest BCUT2D eigenvalue weighted by molar-refractivity contribution is -0.223. The summed E-state index contributed by atoms with van der Waals surface area (Å²) in [5.41, 5.74) is 0.356. The summed E-state index contributed by atoms with van der Waals surface area (Å²) < 4.78 is 15.1. The highest BCUT2D eigenvalue weighted by Crippen LogP contribution is 2.42. The van der Waals surface area contributed by atoms with E-state index >= 15 is 0 Å². The van der Waals surface area contributed by atoms with Crippen molar-refractivity contribution in [2.24, 2.45) is 11.8 Å². The van der Waals surface area contributed by atoms with Gasteiger partial charge in [-0.15, -0.1) is 0 Å². The zero-order valence-electron chi connectivity index (χ0n) is 9.93. The van der Waals surface area contributed by atoms with Gasteiger partial charge in [0.15, 0.2) is 0 Å². The van der Waals surface area contributed by atoms with E-state index in [-0.39, 0.29) is 5.78 Å². The molecule has 0 spiro atoms. The SMILES string of the molecule is COC(=O)C1=C[C@H]2C=C[C@@H]1C(=O)C2(OC)OC. The fraction of sp³-hybridized carbons (Fsp3) is 0.500. The first-order chi connectivity index (χ1) is 8.10. The molecule has 3 rings (SSSR count). The monoisotopic (exact) mass is 238 g/mol. The molecule has 0 aromatic rings. The number of esters is 1. The molecule has 3 aliphatic carbocycles. The Labute approximate surface area is 99.0 Å². The van der Waals surface area contributed by atoms with Crippen molar-refractivity contribution < 1.29 is 23.8 Å². The molecule has 0 radical (unpaired) electrons. The van der Waals surface area contributed by atoms with Gasteiger partial charge in [0.1, 0.15) is 0 Å². The van der Waals surface area contributed by atoms with Crippen LogP contribution >= 0.6 is 0 Å². The van der Waals surface area contributed by atoms with Gasteiger partial charge in [-0.25, -0.2) is 4.79 Å². The second kappa shape index (κ2) is 4.09. The largest absolute Gasteiger partial charge is 0.466 e. The molecule has 5 nitrogen and oxygen atoms in total. The van der Waals surface area contributed by atoms with Crippen LogP contribution in [0.3, 0.4) is 0 Å². The molecule has 5 heteroatoms. The van der Waals surface area contributed by atoms with E-state index in [0.717, 1.165) is 0 Å². The third kappa shape index (κ3) is 1.46. The number of hydrogen-bond donors (Lipinski definition) is 0. The number of ketones is 1. The number of Topliss-reactive ketones (excluding diaryl/α,β-unsaturated/α-hetero) is 1. The number of carbonyl (C=O) groups excluding carboxylic acids is 2. The quantitative estimate of drug-likeness (QED) is 0.406. The van der Waals surface area contributed by atoms with Crippen molar-refractivity contribution in [3.63, 3.8) is 0 Å². The number of ether oxygens (including phenoxy) is 3. The molecule has 0 amide bonds. The van der Waals surface area contributed by atoms with Gasteiger partial charge in [-0.05, 0) is 0 Å². The highest BCUT2D eigenvalue weighted by atomic mass is 16.7. The molecular formula is C12H14O5. The summed E-state index contributed by atoms with van der Waals surface area (Å²) in [6.45, 7) is 0. The molecule has 3 aliphatic rings. The van der Waals surface area contributed by atoms with Crippen molar-refractivity contribution in [3.05, 3.63) is 23.8 Å². The van der Waals surface area contributed by atoms with E-state index in [1.165, 1.54) is 21.3 Å². The predicted molar refractivity (Wildman–Crippen MR) is 58.0 cm³/mol. The molecule has 0 N–H and O–H groups in total. The van der Waals surface area contributed by atoms with Crippen LogP contribution in [0.5, 0.6) is 0 Å². The van der Waals surface area contributed by atoms with Gasteiger partial charge in [-0.1, -0.05) is 18.2 Å². The Kier molecular flexibility index (Phi) is 2.89. The Balaban J connectivity index is 2.45. The molecular weight excluding hydrogens is 224 g/mol. The second-order valence-corrected chi connectivity index (χ2v) is 3.94. The lowest BCUT2D eigenvalue weighted by Gasteiger charge is -2.42. The van der Waals surface area contributed by atoms with E-state index in [9.17, 15) is 9.59 Å². The Morgan fingerprint density at radius 1 is 1.24 bits per heavy atom. The molecule has 0 aliphatic heterocycles. The predicted octanol–water partition coefficient (Wildman–Crippen LogP) is 0.460. The molecule has 0 aromatic carbocycles. The van der Waals surface area contributed by atoms with Crippen LogP contribution in [0.1, 0.15) is 0 Å². The Hall–Kier alpha value is -1.46. The van der Waals surface area contributed by atoms with Gasteiger partial charge in [0.2, 0.25) is 11.6 Å². The third-order valence-electron chi connectivity index (χ3n) is 3.30. The van der Waals surface area contributed by atoms with Gasteiger partial charge < -0.3 is 14.2 Å². The standard InChI is InChI=1S/C12H14O5/c1-15-11(14)9-6-7-4-5-8(9)10(13)12(7,16-2)17-3/h4-8H,1-3H3/t7-,8+/m1/s1. The van der Waals surface area contributed by atoms with Crippen molar-refractivity contribution in [1.82, 2.24) is 0 Å². The molecule has 0 saturated carbocycles. The van der Waals surface area contributed by atoms with Crippen molar-refractivity contribution in [3.8, 4) is 0 Å². The zero-order chi connectivity index (χ0) is 12.6. The van der Waals surface area contributed by atoms with Gasteiger partial charge >= 0.3 is 5.97 Å². The first-order valence-corrected chi connectivity index (χ1v) is 5.23. The smallest absolute Gasteiger partial charge is 0.334 e. The minimum atomic E-state index is -1.31. The average molecular weight is 238 g/mol. The minimum absolute atomic E-state index is 0.266. The molecule has 0 unspecified atom stereocenters. The van der Waals surface area contributed by atoms with Crippen LogP contribution in [-0.2, 0) is 23.8 Å². The third-order valence-corrected chi connectivity index (χ3v) is 3.30. The summed E-state index contributed by atoms with van der Waals surface area (Å²) in [5.74, 6) is -3.11. The number of hydrogen-bond acceptors (Lipinski definition) is 5. The van der Waals surface area contributed by atoms with Crippen LogP contribution < -0.4 is 0 Å². The summed E-state index contributed by atoms with van der Waals surface area (Å²) in [7, 11) is 4.13. The maximum Gasteiger partial charge on any atom is 0.334 e. The van der Waals surface area contributed by atoms with Crippen molar-refractivity contribution in [2.75, 3.05) is 21.3 Å². The lowest BCUT2D eigenvalue weighted by Crippen LogP contribution is -2.56. The van der Waals surface area contributed by atoms with E-state index in [1.807, 2.05) is 6.08 Å². The highest BCUT2D eigenvalue weighted by molar-refractivity contribution is 6.04. The van der Waals surface area contributed by atoms with Crippen molar-refractivity contribution in [2.45, 2.75) is 5.79 Å². The molecule has 17 heavy (non-hydrogen) atoms. The summed E-state index contributed by atoms with van der Waals surface area (Å²) >= 11 is 0. The first-order valence-electron chi connectivity index (χ1n) is 5.23. The normalized spacial score (nSPS) is 29.1. The molecule has 0 aromatic heterocycles. The van der Waals surface area contributed by atoms with E-state index in [1.54, 1.807) is 12.2 Å².